The van der Waals surface area contributed by atoms with Crippen molar-refractivity contribution in [3.05, 3.63) is 35.9 Å². The zero-order chi connectivity index (χ0) is 14.9. The van der Waals surface area contributed by atoms with Gasteiger partial charge in [0.1, 0.15) is 0 Å². The molecule has 0 N–H and O–H groups in total. The van der Waals surface area contributed by atoms with E-state index < -0.39 is 0 Å². The Hall–Kier alpha value is -0.860. The summed E-state index contributed by atoms with van der Waals surface area (Å²) in [5.41, 5.74) is 1.79. The highest BCUT2D eigenvalue weighted by atomic mass is 15.3. The van der Waals surface area contributed by atoms with Crippen molar-refractivity contribution in [1.82, 2.24) is 9.80 Å². The van der Waals surface area contributed by atoms with Crippen molar-refractivity contribution in [3.8, 4) is 0 Å². The minimum absolute atomic E-state index is 0.296. The summed E-state index contributed by atoms with van der Waals surface area (Å²) >= 11 is 0. The fraction of sp³-hybridized carbons (Fsp3) is 0.684. The molecule has 2 heterocycles. The third kappa shape index (κ3) is 3.02. The van der Waals surface area contributed by atoms with Crippen molar-refractivity contribution < 1.29 is 0 Å². The van der Waals surface area contributed by atoms with Crippen LogP contribution in [0.3, 0.4) is 0 Å². The number of nitrogens with zero attached hydrogens (tertiary/aromatic N) is 2. The number of rotatable bonds is 4. The normalized spacial score (nSPS) is 27.8. The maximum atomic E-state index is 2.80. The van der Waals surface area contributed by atoms with E-state index in [-0.39, 0.29) is 0 Å². The molecule has 2 nitrogen and oxygen atoms in total. The van der Waals surface area contributed by atoms with Gasteiger partial charge in [-0.1, -0.05) is 43.7 Å². The van der Waals surface area contributed by atoms with Gasteiger partial charge in [-0.3, -0.25) is 9.80 Å². The fourth-order valence-corrected chi connectivity index (χ4v) is 4.40. The molecule has 2 atom stereocenters. The molecule has 0 amide bonds. The Morgan fingerprint density at radius 3 is 2.62 bits per heavy atom. The lowest BCUT2D eigenvalue weighted by molar-refractivity contribution is -0.0207. The molecule has 0 spiro atoms. The molecular formula is C19H30N2. The SMILES string of the molecule is CCCC(C)(C)N1CC2CCCN2CC1c1ccccc1. The van der Waals surface area contributed by atoms with E-state index >= 15 is 0 Å². The van der Waals surface area contributed by atoms with Crippen molar-refractivity contribution in [3.63, 3.8) is 0 Å². The molecule has 2 heteroatoms. The van der Waals surface area contributed by atoms with E-state index in [9.17, 15) is 0 Å². The van der Waals surface area contributed by atoms with Crippen LogP contribution < -0.4 is 0 Å². The molecule has 0 bridgehead atoms. The summed E-state index contributed by atoms with van der Waals surface area (Å²) in [7, 11) is 0. The van der Waals surface area contributed by atoms with Crippen molar-refractivity contribution in [1.29, 1.82) is 0 Å². The molecule has 2 unspecified atom stereocenters. The lowest BCUT2D eigenvalue weighted by Crippen LogP contribution is -2.58. The topological polar surface area (TPSA) is 6.48 Å². The van der Waals surface area contributed by atoms with Crippen molar-refractivity contribution >= 4 is 0 Å². The molecule has 0 aromatic heterocycles. The van der Waals surface area contributed by atoms with Crippen molar-refractivity contribution in [2.45, 2.75) is 64.1 Å². The van der Waals surface area contributed by atoms with Crippen LogP contribution in [0.2, 0.25) is 0 Å². The summed E-state index contributed by atoms with van der Waals surface area (Å²) in [6, 6.07) is 12.5. The van der Waals surface area contributed by atoms with Gasteiger partial charge < -0.3 is 0 Å². The smallest absolute Gasteiger partial charge is 0.0481 e. The second-order valence-electron chi connectivity index (χ2n) is 7.43. The highest BCUT2D eigenvalue weighted by Gasteiger charge is 2.42. The maximum Gasteiger partial charge on any atom is 0.0481 e. The van der Waals surface area contributed by atoms with Gasteiger partial charge in [0.05, 0.1) is 0 Å². The summed E-state index contributed by atoms with van der Waals surface area (Å²) in [4.78, 5) is 5.54. The Labute approximate surface area is 130 Å². The van der Waals surface area contributed by atoms with E-state index in [0.717, 1.165) is 6.04 Å². The molecule has 3 rings (SSSR count). The van der Waals surface area contributed by atoms with Crippen LogP contribution in [0.4, 0.5) is 0 Å². The molecule has 2 aliphatic rings. The molecule has 1 aromatic carbocycles. The number of hydrogen-bond acceptors (Lipinski definition) is 2. The molecule has 2 fully saturated rings. The van der Waals surface area contributed by atoms with Gasteiger partial charge in [0.2, 0.25) is 0 Å². The average Bonchev–Trinajstić information content (AvgIpc) is 2.94. The van der Waals surface area contributed by atoms with Crippen LogP contribution in [-0.4, -0.2) is 41.0 Å². The minimum atomic E-state index is 0.296. The molecule has 2 saturated heterocycles. The monoisotopic (exact) mass is 286 g/mol. The molecule has 0 saturated carbocycles. The van der Waals surface area contributed by atoms with Crippen molar-refractivity contribution in [2.24, 2.45) is 0 Å². The maximum absolute atomic E-state index is 2.80. The van der Waals surface area contributed by atoms with E-state index in [1.807, 2.05) is 0 Å². The number of piperazine rings is 1. The molecule has 116 valence electrons. The lowest BCUT2D eigenvalue weighted by atomic mass is 9.89. The molecule has 0 radical (unpaired) electrons. The third-order valence-corrected chi connectivity index (χ3v) is 5.51. The second-order valence-corrected chi connectivity index (χ2v) is 7.43. The summed E-state index contributed by atoms with van der Waals surface area (Å²) < 4.78 is 0. The molecular weight excluding hydrogens is 256 g/mol. The number of hydrogen-bond donors (Lipinski definition) is 0. The highest BCUT2D eigenvalue weighted by molar-refractivity contribution is 5.21. The Kier molecular flexibility index (Phi) is 4.37. The Bertz CT molecular complexity index is 454. The summed E-state index contributed by atoms with van der Waals surface area (Å²) in [5.74, 6) is 0. The van der Waals surface area contributed by atoms with Crippen LogP contribution in [0.25, 0.3) is 0 Å². The predicted octanol–water partition coefficient (Wildman–Crippen LogP) is 4.09. The zero-order valence-electron chi connectivity index (χ0n) is 13.9. The largest absolute Gasteiger partial charge is 0.297 e. The second kappa shape index (κ2) is 6.10. The lowest BCUT2D eigenvalue weighted by Gasteiger charge is -2.51. The third-order valence-electron chi connectivity index (χ3n) is 5.51. The van der Waals surface area contributed by atoms with Gasteiger partial charge in [0.15, 0.2) is 0 Å². The first-order valence-corrected chi connectivity index (χ1v) is 8.67. The quantitative estimate of drug-likeness (QED) is 0.822. The van der Waals surface area contributed by atoms with E-state index in [1.54, 1.807) is 0 Å². The summed E-state index contributed by atoms with van der Waals surface area (Å²) in [6.07, 6.45) is 5.32. The van der Waals surface area contributed by atoms with E-state index in [2.05, 4.69) is 60.9 Å². The Morgan fingerprint density at radius 2 is 1.90 bits per heavy atom. The van der Waals surface area contributed by atoms with Crippen molar-refractivity contribution in [2.75, 3.05) is 19.6 Å². The number of benzene rings is 1. The predicted molar refractivity (Wildman–Crippen MR) is 89.5 cm³/mol. The van der Waals surface area contributed by atoms with Crippen LogP contribution in [0.1, 0.15) is 58.1 Å². The molecule has 1 aromatic rings. The highest BCUT2D eigenvalue weighted by Crippen LogP contribution is 2.38. The molecule has 21 heavy (non-hydrogen) atoms. The van der Waals surface area contributed by atoms with Gasteiger partial charge in [-0.25, -0.2) is 0 Å². The van der Waals surface area contributed by atoms with Gasteiger partial charge in [-0.2, -0.15) is 0 Å². The first-order chi connectivity index (χ1) is 10.1. The average molecular weight is 286 g/mol. The fourth-order valence-electron chi connectivity index (χ4n) is 4.40. The van der Waals surface area contributed by atoms with Crippen LogP contribution in [0.5, 0.6) is 0 Å². The van der Waals surface area contributed by atoms with Gasteiger partial charge in [-0.05, 0) is 45.2 Å². The van der Waals surface area contributed by atoms with E-state index in [4.69, 9.17) is 0 Å². The number of fused-ring (bicyclic) bond motifs is 1. The summed E-state index contributed by atoms with van der Waals surface area (Å²) in [5, 5.41) is 0. The molecule has 0 aliphatic carbocycles. The minimum Gasteiger partial charge on any atom is -0.297 e. The van der Waals surface area contributed by atoms with Crippen LogP contribution >= 0.6 is 0 Å². The summed E-state index contributed by atoms with van der Waals surface area (Å²) in [6.45, 7) is 10.9. The van der Waals surface area contributed by atoms with Gasteiger partial charge in [-0.15, -0.1) is 0 Å². The first kappa shape index (κ1) is 15.1. The standard InChI is InChI=1S/C19H30N2/c1-4-12-19(2,3)21-14-17-11-8-13-20(17)15-18(21)16-9-6-5-7-10-16/h5-7,9-10,17-18H,4,8,11-15H2,1-3H3. The van der Waals surface area contributed by atoms with Gasteiger partial charge in [0, 0.05) is 30.7 Å². The van der Waals surface area contributed by atoms with Gasteiger partial charge in [0.25, 0.3) is 0 Å². The molecule has 2 aliphatic heterocycles. The van der Waals surface area contributed by atoms with Gasteiger partial charge >= 0.3 is 0 Å². The van der Waals surface area contributed by atoms with Crippen LogP contribution in [0.15, 0.2) is 30.3 Å². The van der Waals surface area contributed by atoms with Crippen LogP contribution in [0, 0.1) is 0 Å². The van der Waals surface area contributed by atoms with E-state index in [1.165, 1.54) is 50.9 Å². The Morgan fingerprint density at radius 1 is 1.14 bits per heavy atom. The zero-order valence-corrected chi connectivity index (χ0v) is 13.9. The van der Waals surface area contributed by atoms with Crippen LogP contribution in [-0.2, 0) is 0 Å². The Balaban J connectivity index is 1.89. The van der Waals surface area contributed by atoms with E-state index in [0.29, 0.717) is 11.6 Å². The first-order valence-electron chi connectivity index (χ1n) is 8.67.